The Morgan fingerprint density at radius 1 is 1.17 bits per heavy atom. The number of benzene rings is 2. The van der Waals surface area contributed by atoms with Crippen LogP contribution in [0.1, 0.15) is 38.2 Å². The van der Waals surface area contributed by atoms with Crippen molar-refractivity contribution in [2.45, 2.75) is 43.9 Å². The van der Waals surface area contributed by atoms with Crippen molar-refractivity contribution in [1.82, 2.24) is 5.43 Å². The van der Waals surface area contributed by atoms with E-state index in [1.54, 1.807) is 0 Å². The van der Waals surface area contributed by atoms with E-state index in [1.807, 2.05) is 5.43 Å². The van der Waals surface area contributed by atoms with Crippen molar-refractivity contribution < 1.29 is 22.9 Å². The number of para-hydroxylation sites is 1. The van der Waals surface area contributed by atoms with Crippen LogP contribution in [-0.2, 0) is 16.4 Å². The number of carbonyl (C=O) groups excluding carboxylic acids is 1. The molecule has 0 spiro atoms. The Morgan fingerprint density at radius 3 is 2.57 bits per heavy atom. The largest absolute Gasteiger partial charge is 0.426 e. The molecule has 0 aliphatic heterocycles. The first-order valence-electron chi connectivity index (χ1n) is 9.36. The maximum atomic E-state index is 12.7. The summed E-state index contributed by atoms with van der Waals surface area (Å²) in [5, 5.41) is 11.2. The number of hydrazine groups is 1. The number of ether oxygens (including phenoxy) is 1. The second-order valence-electron chi connectivity index (χ2n) is 6.50. The summed E-state index contributed by atoms with van der Waals surface area (Å²) in [6.07, 6.45) is 3.57. The van der Waals surface area contributed by atoms with Crippen LogP contribution >= 0.6 is 0 Å². The number of sulfonamides is 1. The maximum absolute atomic E-state index is 12.7. The van der Waals surface area contributed by atoms with E-state index in [9.17, 15) is 23.3 Å². The van der Waals surface area contributed by atoms with Crippen molar-refractivity contribution in [2.75, 3.05) is 4.72 Å². The summed E-state index contributed by atoms with van der Waals surface area (Å²) in [7, 11) is -4.21. The zero-order chi connectivity index (χ0) is 22.1. The van der Waals surface area contributed by atoms with Gasteiger partial charge in [-0.25, -0.2) is 19.1 Å². The van der Waals surface area contributed by atoms with E-state index in [0.29, 0.717) is 12.0 Å². The molecule has 10 nitrogen and oxygen atoms in total. The van der Waals surface area contributed by atoms with Crippen LogP contribution in [0.15, 0.2) is 47.4 Å². The highest BCUT2D eigenvalue weighted by Crippen LogP contribution is 2.29. The molecule has 30 heavy (non-hydrogen) atoms. The molecule has 162 valence electrons. The Morgan fingerprint density at radius 2 is 1.90 bits per heavy atom. The summed E-state index contributed by atoms with van der Waals surface area (Å²) in [5.74, 6) is 5.31. The first-order chi connectivity index (χ1) is 14.3. The predicted octanol–water partition coefficient (Wildman–Crippen LogP) is 3.48. The number of nitrogens with two attached hydrogens (primary N) is 1. The van der Waals surface area contributed by atoms with E-state index in [-0.39, 0.29) is 11.4 Å². The zero-order valence-corrected chi connectivity index (χ0v) is 17.3. The van der Waals surface area contributed by atoms with E-state index in [4.69, 9.17) is 10.6 Å². The lowest BCUT2D eigenvalue weighted by Crippen LogP contribution is -2.33. The summed E-state index contributed by atoms with van der Waals surface area (Å²) in [6.45, 7) is 2.08. The van der Waals surface area contributed by atoms with Crippen LogP contribution in [0.2, 0.25) is 0 Å². The maximum Gasteiger partial charge on any atom is 0.426 e. The molecular formula is C19H24N4O6S. The number of anilines is 1. The average Bonchev–Trinajstić information content (AvgIpc) is 2.72. The smallest absolute Gasteiger partial charge is 0.409 e. The van der Waals surface area contributed by atoms with Gasteiger partial charge in [-0.1, -0.05) is 38.3 Å². The molecule has 2 aromatic carbocycles. The van der Waals surface area contributed by atoms with Crippen LogP contribution in [0.5, 0.6) is 5.75 Å². The number of hydrogen-bond acceptors (Lipinski definition) is 7. The van der Waals surface area contributed by atoms with E-state index in [2.05, 4.69) is 11.6 Å². The van der Waals surface area contributed by atoms with E-state index < -0.39 is 31.6 Å². The minimum Gasteiger partial charge on any atom is -0.409 e. The third kappa shape index (κ3) is 6.16. The van der Waals surface area contributed by atoms with Gasteiger partial charge in [-0.05, 0) is 42.7 Å². The lowest BCUT2D eigenvalue weighted by molar-refractivity contribution is -0.387. The van der Waals surface area contributed by atoms with Crippen molar-refractivity contribution in [3.8, 4) is 5.75 Å². The van der Waals surface area contributed by atoms with Gasteiger partial charge in [0.05, 0.1) is 4.92 Å². The number of nitro groups is 1. The summed E-state index contributed by atoms with van der Waals surface area (Å²) >= 11 is 0. The highest BCUT2D eigenvalue weighted by atomic mass is 32.2. The van der Waals surface area contributed by atoms with Crippen LogP contribution in [0, 0.1) is 10.1 Å². The van der Waals surface area contributed by atoms with E-state index in [1.165, 1.54) is 30.3 Å². The minimum absolute atomic E-state index is 0.194. The van der Waals surface area contributed by atoms with Crippen molar-refractivity contribution in [3.05, 3.63) is 58.1 Å². The molecule has 0 saturated carbocycles. The highest BCUT2D eigenvalue weighted by molar-refractivity contribution is 7.92. The molecule has 0 fully saturated rings. The SMILES string of the molecule is CCCCCCc1cc(NS(=O)(=O)c2ccccc2[N+](=O)[O-])ccc1OC(=O)NN. The molecule has 0 unspecified atom stereocenters. The molecule has 2 rings (SSSR count). The van der Waals surface area contributed by atoms with Gasteiger partial charge in [0, 0.05) is 11.8 Å². The summed E-state index contributed by atoms with van der Waals surface area (Å²) in [4.78, 5) is 21.5. The van der Waals surface area contributed by atoms with Gasteiger partial charge in [-0.15, -0.1) is 0 Å². The van der Waals surface area contributed by atoms with Crippen LogP contribution in [0.25, 0.3) is 0 Å². The standard InChI is InChI=1S/C19H24N4O6S/c1-2-3-4-5-8-14-13-15(11-12-17(14)29-19(24)21-20)22-30(27,28)18-10-7-6-9-16(18)23(25)26/h6-7,9-13,22H,2-5,8,20H2,1H3,(H,21,24). The molecule has 2 aromatic rings. The van der Waals surface area contributed by atoms with Crippen LogP contribution in [0.3, 0.4) is 0 Å². The molecule has 1 amide bonds. The molecule has 0 radical (unpaired) electrons. The summed E-state index contributed by atoms with van der Waals surface area (Å²) in [6, 6.07) is 9.47. The molecule has 0 aliphatic carbocycles. The van der Waals surface area contributed by atoms with Gasteiger partial charge in [0.25, 0.3) is 15.7 Å². The lowest BCUT2D eigenvalue weighted by Gasteiger charge is -2.13. The number of hydrogen-bond donors (Lipinski definition) is 3. The molecule has 0 saturated heterocycles. The Balaban J connectivity index is 2.32. The fourth-order valence-electron chi connectivity index (χ4n) is 2.85. The number of nitrogens with zero attached hydrogens (tertiary/aromatic N) is 1. The molecule has 0 heterocycles. The third-order valence-electron chi connectivity index (χ3n) is 4.28. The van der Waals surface area contributed by atoms with Gasteiger partial charge in [-0.3, -0.25) is 20.3 Å². The second kappa shape index (κ2) is 10.6. The topological polar surface area (TPSA) is 154 Å². The number of carbonyl (C=O) groups is 1. The normalized spacial score (nSPS) is 11.0. The van der Waals surface area contributed by atoms with Crippen LogP contribution in [-0.4, -0.2) is 19.4 Å². The second-order valence-corrected chi connectivity index (χ2v) is 8.15. The molecule has 0 bridgehead atoms. The Bertz CT molecular complexity index is 1010. The molecular weight excluding hydrogens is 412 g/mol. The zero-order valence-electron chi connectivity index (χ0n) is 16.5. The average molecular weight is 436 g/mol. The number of nitrogens with one attached hydrogen (secondary N) is 2. The van der Waals surface area contributed by atoms with Crippen LogP contribution in [0.4, 0.5) is 16.2 Å². The highest BCUT2D eigenvalue weighted by Gasteiger charge is 2.25. The summed E-state index contributed by atoms with van der Waals surface area (Å²) in [5.41, 5.74) is 2.15. The van der Waals surface area contributed by atoms with Gasteiger partial charge in [0.15, 0.2) is 4.90 Å². The lowest BCUT2D eigenvalue weighted by atomic mass is 10.0. The van der Waals surface area contributed by atoms with Gasteiger partial charge in [0.2, 0.25) is 0 Å². The number of amides is 1. The first-order valence-corrected chi connectivity index (χ1v) is 10.8. The van der Waals surface area contributed by atoms with Crippen molar-refractivity contribution in [3.63, 3.8) is 0 Å². The Labute approximate surface area is 174 Å². The fraction of sp³-hybridized carbons (Fsp3) is 0.316. The van der Waals surface area contributed by atoms with Gasteiger partial charge >= 0.3 is 6.09 Å². The summed E-state index contributed by atoms with van der Waals surface area (Å²) < 4.78 is 32.9. The predicted molar refractivity (Wildman–Crippen MR) is 112 cm³/mol. The molecule has 0 atom stereocenters. The van der Waals surface area contributed by atoms with Crippen molar-refractivity contribution in [1.29, 1.82) is 0 Å². The van der Waals surface area contributed by atoms with E-state index >= 15 is 0 Å². The first kappa shape index (κ1) is 23.1. The van der Waals surface area contributed by atoms with Gasteiger partial charge < -0.3 is 4.74 Å². The van der Waals surface area contributed by atoms with Gasteiger partial charge in [-0.2, -0.15) is 0 Å². The van der Waals surface area contributed by atoms with Crippen LogP contribution < -0.4 is 20.7 Å². The van der Waals surface area contributed by atoms with E-state index in [0.717, 1.165) is 37.8 Å². The molecule has 11 heteroatoms. The van der Waals surface area contributed by atoms with Gasteiger partial charge in [0.1, 0.15) is 5.75 Å². The molecule has 4 N–H and O–H groups in total. The number of aryl methyl sites for hydroxylation is 1. The molecule has 0 aromatic heterocycles. The quantitative estimate of drug-likeness (QED) is 0.169. The number of unbranched alkanes of at least 4 members (excludes halogenated alkanes) is 3. The third-order valence-corrected chi connectivity index (χ3v) is 5.71. The Hall–Kier alpha value is -3.18. The minimum atomic E-state index is -4.21. The Kier molecular flexibility index (Phi) is 8.13. The molecule has 0 aliphatic rings. The fourth-order valence-corrected chi connectivity index (χ4v) is 4.08. The monoisotopic (exact) mass is 436 g/mol. The van der Waals surface area contributed by atoms with Crippen molar-refractivity contribution >= 4 is 27.5 Å². The number of rotatable bonds is 10. The van der Waals surface area contributed by atoms with Crippen molar-refractivity contribution in [2.24, 2.45) is 5.84 Å². The number of nitro benzene ring substituents is 1.